The second-order valence-corrected chi connectivity index (χ2v) is 14.2. The molecule has 1 saturated heterocycles. The molecule has 11 nitrogen and oxygen atoms in total. The third-order valence-corrected chi connectivity index (χ3v) is 7.93. The Balaban J connectivity index is 0. The van der Waals surface area contributed by atoms with Gasteiger partial charge in [-0.15, -0.1) is 6.58 Å². The molecule has 2 fully saturated rings. The Morgan fingerprint density at radius 1 is 0.898 bits per heavy atom. The summed E-state index contributed by atoms with van der Waals surface area (Å²) in [6.45, 7) is 26.5. The lowest BCUT2D eigenvalue weighted by atomic mass is 9.85. The number of Topliss-reactive ketones (excluding diaryl/α,β-unsaturated/α-hetero) is 2. The molecule has 5 amide bonds. The Kier molecular flexibility index (Phi) is 26.0. The molecule has 3 unspecified atom stereocenters. The number of nitrogens with zero attached hydrogens (tertiary/aromatic N) is 1. The zero-order valence-electron chi connectivity index (χ0n) is 32.7. The number of ketones is 2. The van der Waals surface area contributed by atoms with E-state index in [9.17, 15) is 28.8 Å². The van der Waals surface area contributed by atoms with Gasteiger partial charge in [0.15, 0.2) is 5.78 Å². The molecular weight excluding hydrogens is 622 g/mol. The number of hydrogen-bond acceptors (Lipinski definition) is 6. The molecular formula is C38H71N5O6. The van der Waals surface area contributed by atoms with Crippen molar-refractivity contribution < 1.29 is 28.8 Å². The second kappa shape index (κ2) is 26.6. The minimum Gasteiger partial charge on any atom is -0.349 e. The van der Waals surface area contributed by atoms with E-state index in [-0.39, 0.29) is 36.1 Å². The summed E-state index contributed by atoms with van der Waals surface area (Å²) in [6.07, 6.45) is 12.0. The van der Waals surface area contributed by atoms with E-state index in [0.29, 0.717) is 6.41 Å². The van der Waals surface area contributed by atoms with Crippen molar-refractivity contribution in [3.8, 4) is 0 Å². The van der Waals surface area contributed by atoms with Crippen molar-refractivity contribution in [3.05, 3.63) is 12.7 Å². The van der Waals surface area contributed by atoms with Crippen LogP contribution in [0.4, 0.5) is 4.79 Å². The second-order valence-electron chi connectivity index (χ2n) is 14.2. The van der Waals surface area contributed by atoms with Crippen molar-refractivity contribution in [2.75, 3.05) is 13.1 Å². The number of hydrogen-bond donors (Lipinski definition) is 4. The zero-order valence-corrected chi connectivity index (χ0v) is 32.7. The lowest BCUT2D eigenvalue weighted by molar-refractivity contribution is -0.139. The molecule has 1 aliphatic heterocycles. The number of urea groups is 1. The van der Waals surface area contributed by atoms with E-state index in [1.807, 2.05) is 25.7 Å². The fourth-order valence-electron chi connectivity index (χ4n) is 5.28. The zero-order chi connectivity index (χ0) is 38.2. The molecule has 2 rings (SSSR count). The summed E-state index contributed by atoms with van der Waals surface area (Å²) < 4.78 is 0. The van der Waals surface area contributed by atoms with Gasteiger partial charge in [0, 0.05) is 25.0 Å². The van der Waals surface area contributed by atoms with E-state index >= 15 is 0 Å². The standard InChI is InChI=1S/C24H43N3O3.C8H12N2O3.2C3H8/c1-7-10-17(11-8-2)19(20(28)18-13-14-18)25-23(30)26-21(24(4,5)6)22(29)27-15-9-12-16(27)3;1-3-4-9-8(13)7(12)6(2)10-5-11;2*1-3-2/h16-19,21H,7-15H2,1-6H3,(H2,25,26,30);3,5-6H,1,4H2,2H3,(H,9,13)(H,10,11);2*3H2,1-2H3/t16-,19?,21?;;;/m1.../s1. The van der Waals surface area contributed by atoms with Gasteiger partial charge in [0.1, 0.15) is 6.04 Å². The van der Waals surface area contributed by atoms with Gasteiger partial charge in [-0.3, -0.25) is 24.0 Å². The molecule has 0 aromatic rings. The van der Waals surface area contributed by atoms with Crippen molar-refractivity contribution in [1.82, 2.24) is 26.2 Å². The molecule has 1 aliphatic carbocycles. The van der Waals surface area contributed by atoms with Gasteiger partial charge in [0.25, 0.3) is 5.91 Å². The highest BCUT2D eigenvalue weighted by molar-refractivity contribution is 6.38. The average molecular weight is 694 g/mol. The van der Waals surface area contributed by atoms with Gasteiger partial charge in [0.2, 0.25) is 18.1 Å². The van der Waals surface area contributed by atoms with E-state index in [2.05, 4.69) is 76.3 Å². The molecule has 0 bridgehead atoms. The molecule has 49 heavy (non-hydrogen) atoms. The molecule has 2 aliphatic rings. The molecule has 0 aromatic heterocycles. The highest BCUT2D eigenvalue weighted by Crippen LogP contribution is 2.34. The predicted octanol–water partition coefficient (Wildman–Crippen LogP) is 6.10. The van der Waals surface area contributed by atoms with Crippen molar-refractivity contribution in [2.24, 2.45) is 17.3 Å². The van der Waals surface area contributed by atoms with Crippen LogP contribution in [0.15, 0.2) is 12.7 Å². The van der Waals surface area contributed by atoms with Crippen molar-refractivity contribution in [3.63, 3.8) is 0 Å². The van der Waals surface area contributed by atoms with Crippen LogP contribution in [0, 0.1) is 17.3 Å². The predicted molar refractivity (Wildman–Crippen MR) is 199 cm³/mol. The summed E-state index contributed by atoms with van der Waals surface area (Å²) in [7, 11) is 0. The molecule has 284 valence electrons. The topological polar surface area (TPSA) is 154 Å². The summed E-state index contributed by atoms with van der Waals surface area (Å²) in [6, 6.07) is -2.06. The number of rotatable bonds is 16. The van der Waals surface area contributed by atoms with E-state index in [4.69, 9.17) is 0 Å². The first-order chi connectivity index (χ1) is 23.1. The van der Waals surface area contributed by atoms with Crippen LogP contribution in [-0.2, 0) is 24.0 Å². The maximum absolute atomic E-state index is 13.2. The van der Waals surface area contributed by atoms with Gasteiger partial charge in [-0.2, -0.15) is 0 Å². The lowest BCUT2D eigenvalue weighted by Crippen LogP contribution is -2.59. The lowest BCUT2D eigenvalue weighted by Gasteiger charge is -2.36. The molecule has 4 atom stereocenters. The smallest absolute Gasteiger partial charge is 0.316 e. The first kappa shape index (κ1) is 47.9. The van der Waals surface area contributed by atoms with Gasteiger partial charge in [0.05, 0.1) is 12.1 Å². The van der Waals surface area contributed by atoms with Crippen molar-refractivity contribution in [2.45, 2.75) is 165 Å². The van der Waals surface area contributed by atoms with Gasteiger partial charge >= 0.3 is 6.03 Å². The number of carbonyl (C=O) groups excluding carboxylic acids is 6. The van der Waals surface area contributed by atoms with Crippen molar-refractivity contribution >= 4 is 35.8 Å². The quantitative estimate of drug-likeness (QED) is 0.0871. The Bertz CT molecular complexity index is 999. The number of likely N-dealkylation sites (tertiary alicyclic amines) is 1. The van der Waals surface area contributed by atoms with Crippen LogP contribution in [0.2, 0.25) is 0 Å². The van der Waals surface area contributed by atoms with Gasteiger partial charge in [-0.1, -0.05) is 94.1 Å². The minimum atomic E-state index is -0.790. The maximum atomic E-state index is 13.2. The fraction of sp³-hybridized carbons (Fsp3) is 0.789. The molecule has 0 radical (unpaired) electrons. The molecule has 11 heteroatoms. The van der Waals surface area contributed by atoms with Crippen LogP contribution in [0.1, 0.15) is 140 Å². The minimum absolute atomic E-state index is 0.0219. The monoisotopic (exact) mass is 694 g/mol. The van der Waals surface area contributed by atoms with Gasteiger partial charge in [-0.25, -0.2) is 4.79 Å². The summed E-state index contributed by atoms with van der Waals surface area (Å²) in [5.74, 6) is -0.996. The Morgan fingerprint density at radius 2 is 1.43 bits per heavy atom. The highest BCUT2D eigenvalue weighted by Gasteiger charge is 2.41. The Morgan fingerprint density at radius 3 is 1.82 bits per heavy atom. The fourth-order valence-corrected chi connectivity index (χ4v) is 5.28. The van der Waals surface area contributed by atoms with E-state index in [0.717, 1.165) is 57.9 Å². The normalized spacial score (nSPS) is 16.8. The number of carbonyl (C=O) groups is 6. The largest absolute Gasteiger partial charge is 0.349 e. The summed E-state index contributed by atoms with van der Waals surface area (Å²) in [5.41, 5.74) is -0.418. The average Bonchev–Trinajstić information content (AvgIpc) is 3.80. The summed E-state index contributed by atoms with van der Waals surface area (Å²) in [5, 5.41) is 10.4. The van der Waals surface area contributed by atoms with Crippen molar-refractivity contribution in [1.29, 1.82) is 0 Å². The van der Waals surface area contributed by atoms with Crippen LogP contribution >= 0.6 is 0 Å². The van der Waals surface area contributed by atoms with Crippen LogP contribution in [0.25, 0.3) is 0 Å². The molecule has 0 aromatic carbocycles. The van der Waals surface area contributed by atoms with Crippen LogP contribution in [0.3, 0.4) is 0 Å². The van der Waals surface area contributed by atoms with E-state index in [1.54, 1.807) is 0 Å². The first-order valence-electron chi connectivity index (χ1n) is 18.6. The SMILES string of the molecule is C=CCNC(=O)C(=O)C(C)NC=O.CCC.CCC.CCCC(CCC)C(NC(=O)NC(C(=O)N1CCC[C@H]1C)C(C)(C)C)C(=O)C1CC1. The van der Waals surface area contributed by atoms with E-state index in [1.165, 1.54) is 25.8 Å². The Hall–Kier alpha value is -3.24. The first-order valence-corrected chi connectivity index (χ1v) is 18.6. The summed E-state index contributed by atoms with van der Waals surface area (Å²) >= 11 is 0. The van der Waals surface area contributed by atoms with Gasteiger partial charge < -0.3 is 26.2 Å². The molecule has 1 saturated carbocycles. The summed E-state index contributed by atoms with van der Waals surface area (Å²) in [4.78, 5) is 73.1. The third kappa shape index (κ3) is 19.5. The van der Waals surface area contributed by atoms with E-state index < -0.39 is 41.3 Å². The van der Waals surface area contributed by atoms with Crippen LogP contribution < -0.4 is 21.3 Å². The number of nitrogens with one attached hydrogen (secondary N) is 4. The Labute approximate surface area is 297 Å². The molecule has 1 heterocycles. The van der Waals surface area contributed by atoms with Crippen LogP contribution in [0.5, 0.6) is 0 Å². The molecule has 4 N–H and O–H groups in total. The maximum Gasteiger partial charge on any atom is 0.316 e. The number of amides is 5. The highest BCUT2D eigenvalue weighted by atomic mass is 16.2. The third-order valence-electron chi connectivity index (χ3n) is 7.93. The van der Waals surface area contributed by atoms with Gasteiger partial charge in [-0.05, 0) is 63.7 Å². The molecule has 0 spiro atoms. The van der Waals surface area contributed by atoms with Crippen LogP contribution in [-0.4, -0.2) is 78.0 Å².